The Hall–Kier alpha value is -3.29. The predicted octanol–water partition coefficient (Wildman–Crippen LogP) is 4.04. The van der Waals surface area contributed by atoms with Gasteiger partial charge in [0.15, 0.2) is 0 Å². The molecule has 0 radical (unpaired) electrons. The molecule has 0 fully saturated rings. The fourth-order valence-electron chi connectivity index (χ4n) is 3.34. The molecule has 0 saturated heterocycles. The first-order chi connectivity index (χ1) is 14.5. The Balaban J connectivity index is 1.57. The van der Waals surface area contributed by atoms with Gasteiger partial charge in [0, 0.05) is 17.3 Å². The number of esters is 1. The Morgan fingerprint density at radius 2 is 1.53 bits per heavy atom. The molecule has 0 aliphatic carbocycles. The first kappa shape index (κ1) is 20.0. The molecule has 0 aliphatic rings. The van der Waals surface area contributed by atoms with Gasteiger partial charge >= 0.3 is 5.97 Å². The molecule has 1 heterocycles. The van der Waals surface area contributed by atoms with Crippen LogP contribution in [0.2, 0.25) is 0 Å². The summed E-state index contributed by atoms with van der Waals surface area (Å²) in [4.78, 5) is 17.3. The molecule has 0 atom stereocenters. The molecule has 4 rings (SSSR count). The SMILES string of the molecule is CCNS(=O)(=O)c1ccc(C(=O)OCc2nc3ccccc3c3ccccc23)cc1. The van der Waals surface area contributed by atoms with Gasteiger partial charge in [0.05, 0.1) is 21.7 Å². The number of rotatable bonds is 6. The maximum atomic E-state index is 12.5. The lowest BCUT2D eigenvalue weighted by Crippen LogP contribution is -2.23. The van der Waals surface area contributed by atoms with E-state index in [1.165, 1.54) is 24.3 Å². The number of hydrogen-bond acceptors (Lipinski definition) is 5. The highest BCUT2D eigenvalue weighted by Crippen LogP contribution is 2.26. The lowest BCUT2D eigenvalue weighted by Gasteiger charge is -2.10. The van der Waals surface area contributed by atoms with Crippen molar-refractivity contribution in [1.82, 2.24) is 9.71 Å². The summed E-state index contributed by atoms with van der Waals surface area (Å²) in [6.07, 6.45) is 0. The number of nitrogens with one attached hydrogen (secondary N) is 1. The van der Waals surface area contributed by atoms with Gasteiger partial charge in [0.25, 0.3) is 0 Å². The topological polar surface area (TPSA) is 85.4 Å². The number of sulfonamides is 1. The van der Waals surface area contributed by atoms with Crippen LogP contribution in [0.3, 0.4) is 0 Å². The van der Waals surface area contributed by atoms with Crippen LogP contribution in [-0.4, -0.2) is 25.9 Å². The minimum absolute atomic E-state index is 0.0155. The molecular formula is C23H20N2O4S. The number of carbonyl (C=O) groups excluding carboxylic acids is 1. The van der Waals surface area contributed by atoms with Crippen LogP contribution in [0.15, 0.2) is 77.7 Å². The number of ether oxygens (including phenoxy) is 1. The van der Waals surface area contributed by atoms with Crippen molar-refractivity contribution in [3.63, 3.8) is 0 Å². The van der Waals surface area contributed by atoms with Crippen molar-refractivity contribution in [3.8, 4) is 0 Å². The van der Waals surface area contributed by atoms with Crippen LogP contribution >= 0.6 is 0 Å². The van der Waals surface area contributed by atoms with E-state index in [1.807, 2.05) is 48.5 Å². The number of nitrogens with zero attached hydrogens (tertiary/aromatic N) is 1. The summed E-state index contributed by atoms with van der Waals surface area (Å²) < 4.78 is 31.9. The molecule has 0 bridgehead atoms. The Kier molecular flexibility index (Phi) is 5.48. The van der Waals surface area contributed by atoms with Crippen molar-refractivity contribution < 1.29 is 17.9 Å². The highest BCUT2D eigenvalue weighted by molar-refractivity contribution is 7.89. The highest BCUT2D eigenvalue weighted by atomic mass is 32.2. The number of pyridine rings is 1. The number of benzene rings is 3. The van der Waals surface area contributed by atoms with E-state index in [0.29, 0.717) is 12.2 Å². The highest BCUT2D eigenvalue weighted by Gasteiger charge is 2.15. The number of carbonyl (C=O) groups is 1. The number of para-hydroxylation sites is 1. The van der Waals surface area contributed by atoms with Crippen molar-refractivity contribution in [2.75, 3.05) is 6.54 Å². The molecule has 3 aromatic carbocycles. The van der Waals surface area contributed by atoms with Crippen LogP contribution in [0.1, 0.15) is 23.0 Å². The smallest absolute Gasteiger partial charge is 0.338 e. The van der Waals surface area contributed by atoms with Crippen LogP contribution in [-0.2, 0) is 21.4 Å². The molecule has 1 N–H and O–H groups in total. The third-order valence-corrected chi connectivity index (χ3v) is 6.32. The Morgan fingerprint density at radius 3 is 2.23 bits per heavy atom. The molecular weight excluding hydrogens is 400 g/mol. The lowest BCUT2D eigenvalue weighted by molar-refractivity contribution is 0.0470. The van der Waals surface area contributed by atoms with E-state index in [-0.39, 0.29) is 17.1 Å². The van der Waals surface area contributed by atoms with E-state index < -0.39 is 16.0 Å². The van der Waals surface area contributed by atoms with Crippen LogP contribution in [0.25, 0.3) is 21.7 Å². The van der Waals surface area contributed by atoms with Gasteiger partial charge in [-0.2, -0.15) is 0 Å². The van der Waals surface area contributed by atoms with Gasteiger partial charge in [0.1, 0.15) is 6.61 Å². The molecule has 30 heavy (non-hydrogen) atoms. The second-order valence-corrected chi connectivity index (χ2v) is 8.49. The third kappa shape index (κ3) is 3.90. The summed E-state index contributed by atoms with van der Waals surface area (Å²) in [7, 11) is -3.57. The van der Waals surface area contributed by atoms with Gasteiger partial charge in [-0.1, -0.05) is 49.4 Å². The second kappa shape index (κ2) is 8.22. The van der Waals surface area contributed by atoms with Gasteiger partial charge in [-0.25, -0.2) is 22.9 Å². The molecule has 0 saturated carbocycles. The minimum Gasteiger partial charge on any atom is -0.456 e. The Labute approximate surface area is 174 Å². The van der Waals surface area contributed by atoms with Crippen molar-refractivity contribution in [1.29, 1.82) is 0 Å². The number of aromatic nitrogens is 1. The van der Waals surface area contributed by atoms with Gasteiger partial charge in [0.2, 0.25) is 10.0 Å². The Morgan fingerprint density at radius 1 is 0.900 bits per heavy atom. The molecule has 152 valence electrons. The van der Waals surface area contributed by atoms with E-state index in [4.69, 9.17) is 4.74 Å². The molecule has 1 aromatic heterocycles. The summed E-state index contributed by atoms with van der Waals surface area (Å²) in [5.41, 5.74) is 1.78. The first-order valence-corrected chi connectivity index (χ1v) is 11.0. The average molecular weight is 420 g/mol. The molecule has 0 amide bonds. The van der Waals surface area contributed by atoms with Gasteiger partial charge in [-0.3, -0.25) is 0 Å². The van der Waals surface area contributed by atoms with Crippen LogP contribution in [0.5, 0.6) is 0 Å². The second-order valence-electron chi connectivity index (χ2n) is 6.72. The molecule has 4 aromatic rings. The monoisotopic (exact) mass is 420 g/mol. The molecule has 0 aliphatic heterocycles. The van der Waals surface area contributed by atoms with E-state index in [2.05, 4.69) is 9.71 Å². The molecule has 6 nitrogen and oxygen atoms in total. The van der Waals surface area contributed by atoms with Crippen molar-refractivity contribution >= 4 is 37.7 Å². The van der Waals surface area contributed by atoms with Gasteiger partial charge in [-0.15, -0.1) is 0 Å². The van der Waals surface area contributed by atoms with Gasteiger partial charge < -0.3 is 4.74 Å². The fourth-order valence-corrected chi connectivity index (χ4v) is 4.39. The van der Waals surface area contributed by atoms with E-state index in [9.17, 15) is 13.2 Å². The van der Waals surface area contributed by atoms with Crippen LogP contribution in [0.4, 0.5) is 0 Å². The molecule has 0 spiro atoms. The summed E-state index contributed by atoms with van der Waals surface area (Å²) in [6.45, 7) is 2.01. The summed E-state index contributed by atoms with van der Waals surface area (Å²) in [5.74, 6) is -0.540. The minimum atomic E-state index is -3.57. The average Bonchev–Trinajstić information content (AvgIpc) is 2.77. The largest absolute Gasteiger partial charge is 0.456 e. The van der Waals surface area contributed by atoms with Crippen LogP contribution in [0, 0.1) is 0 Å². The standard InChI is InChI=1S/C23H20N2O4S/c1-2-24-30(27,28)17-13-11-16(12-14-17)23(26)29-15-22-20-9-4-3-7-18(20)19-8-5-6-10-21(19)25-22/h3-14,24H,2,15H2,1H3. The van der Waals surface area contributed by atoms with E-state index in [0.717, 1.165) is 21.7 Å². The molecule has 7 heteroatoms. The third-order valence-electron chi connectivity index (χ3n) is 4.76. The van der Waals surface area contributed by atoms with Crippen molar-refractivity contribution in [3.05, 3.63) is 84.1 Å². The number of fused-ring (bicyclic) bond motifs is 3. The maximum Gasteiger partial charge on any atom is 0.338 e. The van der Waals surface area contributed by atoms with Crippen molar-refractivity contribution in [2.45, 2.75) is 18.4 Å². The lowest BCUT2D eigenvalue weighted by atomic mass is 10.0. The number of hydrogen-bond donors (Lipinski definition) is 1. The summed E-state index contributed by atoms with van der Waals surface area (Å²) >= 11 is 0. The summed E-state index contributed by atoms with van der Waals surface area (Å²) in [5, 5.41) is 3.02. The first-order valence-electron chi connectivity index (χ1n) is 9.53. The van der Waals surface area contributed by atoms with E-state index in [1.54, 1.807) is 6.92 Å². The fraction of sp³-hybridized carbons (Fsp3) is 0.130. The zero-order valence-corrected chi connectivity index (χ0v) is 17.1. The maximum absolute atomic E-state index is 12.5. The quantitative estimate of drug-likeness (QED) is 0.376. The Bertz CT molecular complexity index is 1330. The zero-order valence-electron chi connectivity index (χ0n) is 16.3. The van der Waals surface area contributed by atoms with Crippen molar-refractivity contribution in [2.24, 2.45) is 0 Å². The molecule has 0 unspecified atom stereocenters. The summed E-state index contributed by atoms with van der Waals surface area (Å²) in [6, 6.07) is 21.4. The van der Waals surface area contributed by atoms with Gasteiger partial charge in [-0.05, 0) is 35.7 Å². The zero-order chi connectivity index (χ0) is 21.1. The van der Waals surface area contributed by atoms with Crippen LogP contribution < -0.4 is 4.72 Å². The predicted molar refractivity (Wildman–Crippen MR) is 116 cm³/mol. The van der Waals surface area contributed by atoms with E-state index >= 15 is 0 Å². The normalized spacial score (nSPS) is 11.6.